The second-order valence-corrected chi connectivity index (χ2v) is 7.39. The van der Waals surface area contributed by atoms with E-state index in [4.69, 9.17) is 4.74 Å². The van der Waals surface area contributed by atoms with Crippen LogP contribution in [0.3, 0.4) is 0 Å². The summed E-state index contributed by atoms with van der Waals surface area (Å²) in [7, 11) is 4.01. The lowest BCUT2D eigenvalue weighted by molar-refractivity contribution is 0.260. The summed E-state index contributed by atoms with van der Waals surface area (Å²) in [6.07, 6.45) is 0. The molecule has 7 heteroatoms. The molecule has 0 bridgehead atoms. The van der Waals surface area contributed by atoms with Gasteiger partial charge in [-0.1, -0.05) is 0 Å². The normalized spacial score (nSPS) is 10.7. The van der Waals surface area contributed by atoms with Gasteiger partial charge in [-0.15, -0.1) is 11.3 Å². The number of ether oxygens (including phenoxy) is 1. The summed E-state index contributed by atoms with van der Waals surface area (Å²) in [4.78, 5) is 14.1. The van der Waals surface area contributed by atoms with Crippen molar-refractivity contribution in [1.82, 2.24) is 4.90 Å². The molecule has 0 saturated heterocycles. The molecular weight excluding hydrogens is 425 g/mol. The minimum absolute atomic E-state index is 0.254. The summed E-state index contributed by atoms with van der Waals surface area (Å²) in [6, 6.07) is 7.36. The summed E-state index contributed by atoms with van der Waals surface area (Å²) in [5.74, 6) is 0.776. The highest BCUT2D eigenvalue weighted by atomic mass is 127. The number of amides is 2. The van der Waals surface area contributed by atoms with Gasteiger partial charge in [0.1, 0.15) is 12.4 Å². The number of carbonyl (C=O) groups is 1. The second-order valence-electron chi connectivity index (χ2n) is 5.31. The SMILES string of the molecule is Cc1ccsc1NC(=O)Nc1ccc(I)c(OCCN(C)C)c1. The molecule has 2 aromatic rings. The van der Waals surface area contributed by atoms with Crippen LogP contribution in [0.15, 0.2) is 29.6 Å². The van der Waals surface area contributed by atoms with Crippen molar-refractivity contribution in [1.29, 1.82) is 0 Å². The van der Waals surface area contributed by atoms with Gasteiger partial charge in [-0.3, -0.25) is 5.32 Å². The lowest BCUT2D eigenvalue weighted by Crippen LogP contribution is -2.20. The van der Waals surface area contributed by atoms with Crippen LogP contribution in [0.5, 0.6) is 5.75 Å². The molecule has 1 aromatic heterocycles. The summed E-state index contributed by atoms with van der Waals surface area (Å²) >= 11 is 3.73. The summed E-state index contributed by atoms with van der Waals surface area (Å²) < 4.78 is 6.79. The fourth-order valence-electron chi connectivity index (χ4n) is 1.80. The van der Waals surface area contributed by atoms with Crippen LogP contribution >= 0.6 is 33.9 Å². The van der Waals surface area contributed by atoms with Crippen molar-refractivity contribution >= 4 is 50.6 Å². The number of halogens is 1. The monoisotopic (exact) mass is 445 g/mol. The number of nitrogens with one attached hydrogen (secondary N) is 2. The van der Waals surface area contributed by atoms with Crippen LogP contribution in [0.25, 0.3) is 0 Å². The molecule has 1 heterocycles. The first kappa shape index (κ1) is 18.0. The number of nitrogens with zero attached hydrogens (tertiary/aromatic N) is 1. The molecule has 0 unspecified atom stereocenters. The third-order valence-electron chi connectivity index (χ3n) is 3.07. The topological polar surface area (TPSA) is 53.6 Å². The van der Waals surface area contributed by atoms with Crippen molar-refractivity contribution in [3.63, 3.8) is 0 Å². The average molecular weight is 445 g/mol. The Bertz CT molecular complexity index is 673. The molecule has 2 amide bonds. The largest absolute Gasteiger partial charge is 0.491 e. The number of benzene rings is 1. The highest BCUT2D eigenvalue weighted by molar-refractivity contribution is 14.1. The Balaban J connectivity index is 1.97. The van der Waals surface area contributed by atoms with Crippen LogP contribution in [0.1, 0.15) is 5.56 Å². The van der Waals surface area contributed by atoms with Crippen molar-refractivity contribution in [2.24, 2.45) is 0 Å². The van der Waals surface area contributed by atoms with Gasteiger partial charge in [-0.05, 0) is 72.8 Å². The first-order valence-corrected chi connectivity index (χ1v) is 9.10. The Morgan fingerprint density at radius 2 is 2.09 bits per heavy atom. The molecule has 0 saturated carbocycles. The molecule has 0 fully saturated rings. The zero-order valence-corrected chi connectivity index (χ0v) is 16.3. The summed E-state index contributed by atoms with van der Waals surface area (Å²) in [6.45, 7) is 3.41. The second kappa shape index (κ2) is 8.51. The van der Waals surface area contributed by atoms with E-state index in [0.717, 1.165) is 26.4 Å². The Labute approximate surface area is 154 Å². The van der Waals surface area contributed by atoms with Crippen LogP contribution < -0.4 is 15.4 Å². The molecule has 0 aliphatic rings. The Morgan fingerprint density at radius 1 is 1.30 bits per heavy atom. The van der Waals surface area contributed by atoms with Crippen LogP contribution in [-0.2, 0) is 0 Å². The fourth-order valence-corrected chi connectivity index (χ4v) is 3.10. The third kappa shape index (κ3) is 5.67. The Kier molecular flexibility index (Phi) is 6.67. The molecule has 124 valence electrons. The highest BCUT2D eigenvalue weighted by Gasteiger charge is 2.08. The number of hydrogen-bond acceptors (Lipinski definition) is 4. The molecule has 0 aliphatic carbocycles. The molecular formula is C16H20IN3O2S. The number of likely N-dealkylation sites (N-methyl/N-ethyl adjacent to an activating group) is 1. The lowest BCUT2D eigenvalue weighted by Gasteiger charge is -2.13. The average Bonchev–Trinajstić information content (AvgIpc) is 2.87. The molecule has 5 nitrogen and oxygen atoms in total. The maximum Gasteiger partial charge on any atom is 0.324 e. The highest BCUT2D eigenvalue weighted by Crippen LogP contribution is 2.26. The molecule has 0 radical (unpaired) electrons. The summed E-state index contributed by atoms with van der Waals surface area (Å²) in [5, 5.41) is 8.49. The van der Waals surface area contributed by atoms with Gasteiger partial charge in [0.25, 0.3) is 0 Å². The molecule has 23 heavy (non-hydrogen) atoms. The first-order chi connectivity index (χ1) is 11.0. The number of rotatable bonds is 6. The van der Waals surface area contributed by atoms with E-state index in [-0.39, 0.29) is 6.03 Å². The van der Waals surface area contributed by atoms with E-state index in [0.29, 0.717) is 12.3 Å². The van der Waals surface area contributed by atoms with Gasteiger partial charge in [0.2, 0.25) is 0 Å². The van der Waals surface area contributed by atoms with E-state index in [1.165, 1.54) is 11.3 Å². The van der Waals surface area contributed by atoms with Gasteiger partial charge < -0.3 is 15.0 Å². The maximum absolute atomic E-state index is 12.1. The molecule has 0 atom stereocenters. The van der Waals surface area contributed by atoms with Gasteiger partial charge in [-0.25, -0.2) is 4.79 Å². The number of aryl methyl sites for hydroxylation is 1. The standard InChI is InChI=1S/C16H20IN3O2S/c1-11-6-9-23-15(11)19-16(21)18-12-4-5-13(17)14(10-12)22-8-7-20(2)3/h4-6,9-10H,7-8H2,1-3H3,(H2,18,19,21). The third-order valence-corrected chi connectivity index (χ3v) is 4.90. The number of urea groups is 1. The van der Waals surface area contributed by atoms with Crippen LogP contribution in [0.4, 0.5) is 15.5 Å². The van der Waals surface area contributed by atoms with Gasteiger partial charge in [-0.2, -0.15) is 0 Å². The number of hydrogen-bond donors (Lipinski definition) is 2. The van der Waals surface area contributed by atoms with Gasteiger partial charge in [0.15, 0.2) is 0 Å². The van der Waals surface area contributed by atoms with E-state index < -0.39 is 0 Å². The molecule has 0 aliphatic heterocycles. The van der Waals surface area contributed by atoms with Crippen LogP contribution in [0, 0.1) is 10.5 Å². The predicted molar refractivity (Wildman–Crippen MR) is 105 cm³/mol. The van der Waals surface area contributed by atoms with E-state index in [2.05, 4.69) is 38.1 Å². The minimum Gasteiger partial charge on any atom is -0.491 e. The lowest BCUT2D eigenvalue weighted by atomic mass is 10.3. The molecule has 1 aromatic carbocycles. The fraction of sp³-hybridized carbons (Fsp3) is 0.312. The zero-order valence-electron chi connectivity index (χ0n) is 13.4. The van der Waals surface area contributed by atoms with E-state index in [1.807, 2.05) is 50.7 Å². The van der Waals surface area contributed by atoms with E-state index >= 15 is 0 Å². The van der Waals surface area contributed by atoms with Crippen molar-refractivity contribution in [3.8, 4) is 5.75 Å². The van der Waals surface area contributed by atoms with Crippen molar-refractivity contribution in [3.05, 3.63) is 38.8 Å². The Morgan fingerprint density at radius 3 is 2.74 bits per heavy atom. The first-order valence-electron chi connectivity index (χ1n) is 7.15. The number of carbonyl (C=O) groups excluding carboxylic acids is 1. The quantitative estimate of drug-likeness (QED) is 0.654. The van der Waals surface area contributed by atoms with Gasteiger partial charge >= 0.3 is 6.03 Å². The zero-order chi connectivity index (χ0) is 16.8. The van der Waals surface area contributed by atoms with E-state index in [9.17, 15) is 4.79 Å². The molecule has 2 N–H and O–H groups in total. The molecule has 2 rings (SSSR count). The minimum atomic E-state index is -0.254. The number of thiophene rings is 1. The maximum atomic E-state index is 12.1. The van der Waals surface area contributed by atoms with Gasteiger partial charge in [0, 0.05) is 18.3 Å². The van der Waals surface area contributed by atoms with Crippen LogP contribution in [-0.4, -0.2) is 38.2 Å². The number of anilines is 2. The molecule has 0 spiro atoms. The van der Waals surface area contributed by atoms with Crippen LogP contribution in [0.2, 0.25) is 0 Å². The Hall–Kier alpha value is -1.32. The predicted octanol–water partition coefficient (Wildman–Crippen LogP) is 4.25. The van der Waals surface area contributed by atoms with E-state index in [1.54, 1.807) is 0 Å². The van der Waals surface area contributed by atoms with Gasteiger partial charge in [0.05, 0.1) is 8.57 Å². The van der Waals surface area contributed by atoms with Crippen molar-refractivity contribution < 1.29 is 9.53 Å². The van der Waals surface area contributed by atoms with Crippen molar-refractivity contribution in [2.45, 2.75) is 6.92 Å². The smallest absolute Gasteiger partial charge is 0.324 e. The van der Waals surface area contributed by atoms with Crippen molar-refractivity contribution in [2.75, 3.05) is 37.9 Å². The summed E-state index contributed by atoms with van der Waals surface area (Å²) in [5.41, 5.74) is 1.76.